The Morgan fingerprint density at radius 3 is 2.43 bits per heavy atom. The molecule has 1 saturated heterocycles. The Morgan fingerprint density at radius 1 is 1.04 bits per heavy atom. The maximum Gasteiger partial charge on any atom is 0.134 e. The smallest absolute Gasteiger partial charge is 0.134 e. The molecule has 0 radical (unpaired) electrons. The van der Waals surface area contributed by atoms with Crippen molar-refractivity contribution in [1.29, 1.82) is 0 Å². The quantitative estimate of drug-likeness (QED) is 0.845. The van der Waals surface area contributed by atoms with Crippen LogP contribution in [0.2, 0.25) is 0 Å². The second-order valence-corrected chi connectivity index (χ2v) is 5.60. The number of hydrogen-bond acceptors (Lipinski definition) is 3. The van der Waals surface area contributed by atoms with Gasteiger partial charge in [-0.2, -0.15) is 0 Å². The van der Waals surface area contributed by atoms with Crippen LogP contribution in [0.4, 0.5) is 4.39 Å². The molecular weight excluding hydrogens is 338 g/mol. The van der Waals surface area contributed by atoms with Crippen LogP contribution in [0.25, 0.3) is 11.3 Å². The molecular formula is C17H23Cl2FN2O. The minimum Gasteiger partial charge on any atom is -0.460 e. The molecule has 3 nitrogen and oxygen atoms in total. The molecule has 1 fully saturated rings. The summed E-state index contributed by atoms with van der Waals surface area (Å²) in [5.41, 5.74) is 0.904. The molecule has 0 saturated carbocycles. The zero-order valence-electron chi connectivity index (χ0n) is 12.9. The highest BCUT2D eigenvalue weighted by atomic mass is 35.5. The van der Waals surface area contributed by atoms with Crippen molar-refractivity contribution in [2.45, 2.75) is 19.4 Å². The van der Waals surface area contributed by atoms with Crippen LogP contribution >= 0.6 is 24.8 Å². The van der Waals surface area contributed by atoms with Crippen LogP contribution in [0.1, 0.15) is 18.6 Å². The van der Waals surface area contributed by atoms with Crippen molar-refractivity contribution >= 4 is 24.8 Å². The maximum atomic E-state index is 12.9. The Kier molecular flexibility index (Phi) is 8.63. The standard InChI is InChI=1S/C17H21FN2O.2ClH/c18-15-3-1-14(2-4-15)17-6-5-16(21-17)12-20-11-13-7-9-19-10-8-13;;/h1-6,13,19-20H,7-12H2;2*1H. The molecule has 0 aliphatic carbocycles. The molecule has 2 aromatic rings. The van der Waals surface area contributed by atoms with Gasteiger partial charge in [0.25, 0.3) is 0 Å². The first-order valence-corrected chi connectivity index (χ1v) is 7.57. The lowest BCUT2D eigenvalue weighted by Crippen LogP contribution is -2.33. The SMILES string of the molecule is Cl.Cl.Fc1ccc(-c2ccc(CNCC3CCNCC3)o2)cc1. The molecule has 23 heavy (non-hydrogen) atoms. The van der Waals surface area contributed by atoms with Gasteiger partial charge in [-0.25, -0.2) is 4.39 Å². The Hall–Kier alpha value is -1.07. The van der Waals surface area contributed by atoms with Crippen LogP contribution in [0.15, 0.2) is 40.8 Å². The molecule has 0 atom stereocenters. The largest absolute Gasteiger partial charge is 0.460 e. The maximum absolute atomic E-state index is 12.9. The van der Waals surface area contributed by atoms with E-state index in [0.29, 0.717) is 0 Å². The van der Waals surface area contributed by atoms with Gasteiger partial charge in [0.05, 0.1) is 6.54 Å². The van der Waals surface area contributed by atoms with Gasteiger partial charge in [-0.15, -0.1) is 24.8 Å². The van der Waals surface area contributed by atoms with Gasteiger partial charge in [0, 0.05) is 5.56 Å². The van der Waals surface area contributed by atoms with Crippen LogP contribution in [-0.2, 0) is 6.54 Å². The van der Waals surface area contributed by atoms with E-state index < -0.39 is 0 Å². The predicted molar refractivity (Wildman–Crippen MR) is 95.9 cm³/mol. The summed E-state index contributed by atoms with van der Waals surface area (Å²) in [6.07, 6.45) is 2.48. The molecule has 1 aliphatic rings. The van der Waals surface area contributed by atoms with Gasteiger partial charge in [-0.1, -0.05) is 0 Å². The van der Waals surface area contributed by atoms with Crippen molar-refractivity contribution in [3.63, 3.8) is 0 Å². The summed E-state index contributed by atoms with van der Waals surface area (Å²) in [5, 5.41) is 6.84. The molecule has 2 heterocycles. The van der Waals surface area contributed by atoms with Gasteiger partial charge in [0.2, 0.25) is 0 Å². The summed E-state index contributed by atoms with van der Waals surface area (Å²) >= 11 is 0. The molecule has 3 rings (SSSR count). The molecule has 2 N–H and O–H groups in total. The molecule has 0 unspecified atom stereocenters. The van der Waals surface area contributed by atoms with Crippen molar-refractivity contribution in [1.82, 2.24) is 10.6 Å². The Balaban J connectivity index is 0.00000132. The van der Waals surface area contributed by atoms with Crippen LogP contribution in [0.5, 0.6) is 0 Å². The number of nitrogens with one attached hydrogen (secondary N) is 2. The fourth-order valence-corrected chi connectivity index (χ4v) is 2.73. The van der Waals surface area contributed by atoms with Gasteiger partial charge in [-0.05, 0) is 74.8 Å². The van der Waals surface area contributed by atoms with E-state index in [1.807, 2.05) is 12.1 Å². The molecule has 1 aliphatic heterocycles. The third kappa shape index (κ3) is 5.81. The fourth-order valence-electron chi connectivity index (χ4n) is 2.73. The van der Waals surface area contributed by atoms with E-state index in [-0.39, 0.29) is 30.6 Å². The third-order valence-electron chi connectivity index (χ3n) is 3.98. The number of furan rings is 1. The molecule has 1 aromatic carbocycles. The highest BCUT2D eigenvalue weighted by molar-refractivity contribution is 5.85. The Bertz CT molecular complexity index is 568. The van der Waals surface area contributed by atoms with Gasteiger partial charge < -0.3 is 15.1 Å². The predicted octanol–water partition coefficient (Wildman–Crippen LogP) is 4.02. The number of halogens is 3. The van der Waals surface area contributed by atoms with E-state index in [9.17, 15) is 4.39 Å². The van der Waals surface area contributed by atoms with Crippen LogP contribution in [0, 0.1) is 11.7 Å². The summed E-state index contributed by atoms with van der Waals surface area (Å²) in [5.74, 6) is 2.24. The van der Waals surface area contributed by atoms with Crippen molar-refractivity contribution < 1.29 is 8.81 Å². The van der Waals surface area contributed by atoms with E-state index in [2.05, 4.69) is 10.6 Å². The summed E-state index contributed by atoms with van der Waals surface area (Å²) < 4.78 is 18.7. The normalized spacial score (nSPS) is 14.8. The molecule has 0 amide bonds. The van der Waals surface area contributed by atoms with E-state index >= 15 is 0 Å². The van der Waals surface area contributed by atoms with E-state index in [1.165, 1.54) is 25.0 Å². The number of piperidine rings is 1. The first-order chi connectivity index (χ1) is 10.3. The topological polar surface area (TPSA) is 37.2 Å². The van der Waals surface area contributed by atoms with E-state index in [1.54, 1.807) is 12.1 Å². The van der Waals surface area contributed by atoms with Crippen molar-refractivity contribution in [2.24, 2.45) is 5.92 Å². The number of rotatable bonds is 5. The zero-order chi connectivity index (χ0) is 14.5. The van der Waals surface area contributed by atoms with Crippen molar-refractivity contribution in [3.8, 4) is 11.3 Å². The lowest BCUT2D eigenvalue weighted by Gasteiger charge is -2.22. The Morgan fingerprint density at radius 2 is 1.74 bits per heavy atom. The van der Waals surface area contributed by atoms with Crippen LogP contribution in [-0.4, -0.2) is 19.6 Å². The monoisotopic (exact) mass is 360 g/mol. The number of benzene rings is 1. The van der Waals surface area contributed by atoms with E-state index in [0.717, 1.165) is 49.2 Å². The van der Waals surface area contributed by atoms with Gasteiger partial charge in [-0.3, -0.25) is 0 Å². The molecule has 6 heteroatoms. The third-order valence-corrected chi connectivity index (χ3v) is 3.98. The second-order valence-electron chi connectivity index (χ2n) is 5.60. The van der Waals surface area contributed by atoms with Crippen LogP contribution in [0.3, 0.4) is 0 Å². The molecule has 0 spiro atoms. The first kappa shape index (κ1) is 20.0. The first-order valence-electron chi connectivity index (χ1n) is 7.57. The van der Waals surface area contributed by atoms with Gasteiger partial charge >= 0.3 is 0 Å². The number of hydrogen-bond donors (Lipinski definition) is 2. The second kappa shape index (κ2) is 9.93. The van der Waals surface area contributed by atoms with E-state index in [4.69, 9.17) is 4.42 Å². The minimum atomic E-state index is -0.228. The minimum absolute atomic E-state index is 0. The zero-order valence-corrected chi connectivity index (χ0v) is 14.5. The average Bonchev–Trinajstić information content (AvgIpc) is 2.98. The highest BCUT2D eigenvalue weighted by Gasteiger charge is 2.12. The van der Waals surface area contributed by atoms with Crippen molar-refractivity contribution in [3.05, 3.63) is 48.0 Å². The summed E-state index contributed by atoms with van der Waals surface area (Å²) in [7, 11) is 0. The van der Waals surface area contributed by atoms with Crippen LogP contribution < -0.4 is 10.6 Å². The lowest BCUT2D eigenvalue weighted by atomic mass is 9.98. The highest BCUT2D eigenvalue weighted by Crippen LogP contribution is 2.22. The fraction of sp³-hybridized carbons (Fsp3) is 0.412. The average molecular weight is 361 g/mol. The molecule has 0 bridgehead atoms. The van der Waals surface area contributed by atoms with Crippen molar-refractivity contribution in [2.75, 3.05) is 19.6 Å². The van der Waals surface area contributed by atoms with Gasteiger partial charge in [0.15, 0.2) is 0 Å². The van der Waals surface area contributed by atoms with Gasteiger partial charge in [0.1, 0.15) is 17.3 Å². The Labute approximate surface area is 148 Å². The summed E-state index contributed by atoms with van der Waals surface area (Å²) in [4.78, 5) is 0. The summed E-state index contributed by atoms with van der Waals surface area (Å²) in [6.45, 7) is 4.03. The lowest BCUT2D eigenvalue weighted by molar-refractivity contribution is 0.350. The molecule has 1 aromatic heterocycles. The molecule has 128 valence electrons. The summed E-state index contributed by atoms with van der Waals surface area (Å²) in [6, 6.07) is 10.3.